The standard InChI is InChI=1S/C17H19ClNO6PS.CH4/c1-26(22,23)11-10-16(17(20)21)19-27(24,25)15-8-4-13(5-9-15)12-2-6-14(18)7-3-12;/h2-9,16,19H,10-11H2,1H3,(H,20,21)(H,22,23);1H4/t16-;/m0./s1. The molecule has 0 aliphatic rings. The van der Waals surface area contributed by atoms with Crippen LogP contribution in [0.25, 0.3) is 11.1 Å². The zero-order chi connectivity index (χ0) is 20.2. The molecule has 3 N–H and O–H groups in total. The highest BCUT2D eigenvalue weighted by Gasteiger charge is 2.27. The van der Waals surface area contributed by atoms with Crippen molar-refractivity contribution in [3.63, 3.8) is 0 Å². The van der Waals surface area contributed by atoms with Crippen LogP contribution in [-0.2, 0) is 19.4 Å². The normalized spacial score (nSPS) is 14.5. The zero-order valence-electron chi connectivity index (χ0n) is 14.4. The highest BCUT2D eigenvalue weighted by molar-refractivity contribution is 7.89. The molecule has 10 heteroatoms. The monoisotopic (exact) mass is 447 g/mol. The van der Waals surface area contributed by atoms with Gasteiger partial charge in [0.1, 0.15) is 6.04 Å². The smallest absolute Gasteiger partial charge is 0.321 e. The van der Waals surface area contributed by atoms with Crippen LogP contribution < -0.4 is 4.72 Å². The lowest BCUT2D eigenvalue weighted by Crippen LogP contribution is -2.41. The highest BCUT2D eigenvalue weighted by Crippen LogP contribution is 2.36. The van der Waals surface area contributed by atoms with Crippen LogP contribution in [0.2, 0.25) is 5.02 Å². The van der Waals surface area contributed by atoms with Gasteiger partial charge in [0.25, 0.3) is 0 Å². The molecule has 2 aromatic rings. The fraction of sp³-hybridized carbons (Fsp3) is 0.278. The van der Waals surface area contributed by atoms with E-state index in [9.17, 15) is 27.8 Å². The lowest BCUT2D eigenvalue weighted by Gasteiger charge is -2.16. The third kappa shape index (κ3) is 7.04. The predicted molar refractivity (Wildman–Crippen MR) is 111 cm³/mol. The molecule has 2 aromatic carbocycles. The van der Waals surface area contributed by atoms with Crippen molar-refractivity contribution in [1.82, 2.24) is 4.72 Å². The quantitative estimate of drug-likeness (QED) is 0.531. The van der Waals surface area contributed by atoms with Gasteiger partial charge >= 0.3 is 5.97 Å². The van der Waals surface area contributed by atoms with Crippen molar-refractivity contribution in [2.24, 2.45) is 0 Å². The lowest BCUT2D eigenvalue weighted by molar-refractivity contribution is -0.139. The summed E-state index contributed by atoms with van der Waals surface area (Å²) < 4.78 is 38.3. The molecule has 0 spiro atoms. The van der Waals surface area contributed by atoms with Crippen molar-refractivity contribution in [1.29, 1.82) is 0 Å². The van der Waals surface area contributed by atoms with E-state index >= 15 is 0 Å². The van der Waals surface area contributed by atoms with E-state index in [4.69, 9.17) is 11.6 Å². The third-order valence-corrected chi connectivity index (χ3v) is 6.60. The van der Waals surface area contributed by atoms with Crippen molar-refractivity contribution < 1.29 is 27.8 Å². The van der Waals surface area contributed by atoms with Crippen LogP contribution in [0.4, 0.5) is 0 Å². The Hall–Kier alpha value is -1.70. The second-order valence-electron chi connectivity index (χ2n) is 6.11. The summed E-state index contributed by atoms with van der Waals surface area (Å²) in [7, 11) is -7.55. The van der Waals surface area contributed by atoms with E-state index in [1.165, 1.54) is 12.1 Å². The van der Waals surface area contributed by atoms with E-state index in [2.05, 4.69) is 4.72 Å². The van der Waals surface area contributed by atoms with Gasteiger partial charge in [-0.25, -0.2) is 8.42 Å². The molecule has 0 saturated carbocycles. The fourth-order valence-electron chi connectivity index (χ4n) is 2.33. The van der Waals surface area contributed by atoms with Gasteiger partial charge < -0.3 is 10.00 Å². The summed E-state index contributed by atoms with van der Waals surface area (Å²) in [6, 6.07) is 11.5. The van der Waals surface area contributed by atoms with Gasteiger partial charge in [-0.05, 0) is 41.8 Å². The van der Waals surface area contributed by atoms with E-state index in [1.807, 2.05) is 0 Å². The van der Waals surface area contributed by atoms with Gasteiger partial charge in [0, 0.05) is 17.8 Å². The summed E-state index contributed by atoms with van der Waals surface area (Å²) in [6.07, 6.45) is -0.594. The molecule has 0 bridgehead atoms. The summed E-state index contributed by atoms with van der Waals surface area (Å²) in [6.45, 7) is 1.09. The van der Waals surface area contributed by atoms with Gasteiger partial charge in [0.05, 0.1) is 4.90 Å². The van der Waals surface area contributed by atoms with Crippen LogP contribution in [0.1, 0.15) is 13.8 Å². The van der Waals surface area contributed by atoms with Crippen LogP contribution in [0, 0.1) is 0 Å². The second-order valence-corrected chi connectivity index (χ2v) is 10.8. The largest absolute Gasteiger partial charge is 0.480 e. The molecule has 28 heavy (non-hydrogen) atoms. The Balaban J connectivity index is 0.00000392. The Morgan fingerprint density at radius 1 is 1.11 bits per heavy atom. The SMILES string of the molecule is C.CP(=O)(O)CC[C@H](NS(=O)(=O)c1ccc(-c2ccc(Cl)cc2)cc1)C(=O)O. The van der Waals surface area contributed by atoms with Crippen LogP contribution in [-0.4, -0.2) is 43.3 Å². The summed E-state index contributed by atoms with van der Waals surface area (Å²) in [5.74, 6) is -1.41. The first kappa shape index (κ1) is 24.3. The topological polar surface area (TPSA) is 121 Å². The van der Waals surface area contributed by atoms with Crippen molar-refractivity contribution in [3.8, 4) is 11.1 Å². The molecule has 0 aliphatic carbocycles. The number of nitrogens with one attached hydrogen (secondary N) is 1. The van der Waals surface area contributed by atoms with Crippen molar-refractivity contribution in [3.05, 3.63) is 53.6 Å². The zero-order valence-corrected chi connectivity index (χ0v) is 16.8. The number of carbonyl (C=O) groups is 1. The first-order valence-electron chi connectivity index (χ1n) is 7.88. The molecule has 0 amide bonds. The molecule has 154 valence electrons. The van der Waals surface area contributed by atoms with Gasteiger partial charge in [-0.15, -0.1) is 0 Å². The van der Waals surface area contributed by atoms with Gasteiger partial charge in [-0.3, -0.25) is 9.36 Å². The van der Waals surface area contributed by atoms with E-state index in [-0.39, 0.29) is 24.9 Å². The number of carboxylic acid groups (broad SMARTS) is 1. The summed E-state index contributed by atoms with van der Waals surface area (Å²) in [5, 5.41) is 9.77. The Kier molecular flexibility index (Phi) is 8.41. The molecule has 2 rings (SSSR count). The number of halogens is 1. The van der Waals surface area contributed by atoms with Gasteiger partial charge in [0.15, 0.2) is 7.37 Å². The van der Waals surface area contributed by atoms with E-state index in [0.717, 1.165) is 17.8 Å². The van der Waals surface area contributed by atoms with E-state index in [0.29, 0.717) is 5.02 Å². The second kappa shape index (κ2) is 9.67. The number of hydrogen-bond acceptors (Lipinski definition) is 4. The molecule has 0 fully saturated rings. The van der Waals surface area contributed by atoms with Crippen molar-refractivity contribution >= 4 is 35.0 Å². The number of carboxylic acids is 1. The van der Waals surface area contributed by atoms with Crippen LogP contribution in [0.5, 0.6) is 0 Å². The van der Waals surface area contributed by atoms with Crippen LogP contribution in [0.3, 0.4) is 0 Å². The number of hydrogen-bond donors (Lipinski definition) is 3. The summed E-state index contributed by atoms with van der Waals surface area (Å²) in [5.41, 5.74) is 1.62. The molecule has 0 saturated heterocycles. The number of aliphatic carboxylic acids is 1. The maximum Gasteiger partial charge on any atom is 0.321 e. The summed E-state index contributed by atoms with van der Waals surface area (Å²) in [4.78, 5) is 20.5. The Morgan fingerprint density at radius 3 is 2.00 bits per heavy atom. The third-order valence-electron chi connectivity index (χ3n) is 3.77. The minimum absolute atomic E-state index is 0. The van der Waals surface area contributed by atoms with E-state index < -0.39 is 29.4 Å². The number of benzene rings is 2. The number of rotatable bonds is 8. The molecular weight excluding hydrogens is 425 g/mol. The molecule has 0 aliphatic heterocycles. The molecule has 7 nitrogen and oxygen atoms in total. The molecule has 0 radical (unpaired) electrons. The van der Waals surface area contributed by atoms with Crippen molar-refractivity contribution in [2.45, 2.75) is 24.8 Å². The first-order valence-corrected chi connectivity index (χ1v) is 12.0. The van der Waals surface area contributed by atoms with Gasteiger partial charge in [-0.2, -0.15) is 4.72 Å². The molecule has 1 unspecified atom stereocenters. The van der Waals surface area contributed by atoms with Crippen LogP contribution >= 0.6 is 19.0 Å². The molecular formula is C18H23ClNO6PS. The Labute approximate surface area is 169 Å². The fourth-order valence-corrected chi connectivity index (χ4v) is 4.41. The lowest BCUT2D eigenvalue weighted by atomic mass is 10.1. The molecule has 0 aromatic heterocycles. The average molecular weight is 448 g/mol. The number of sulfonamides is 1. The maximum absolute atomic E-state index is 12.4. The van der Waals surface area contributed by atoms with Crippen LogP contribution in [0.15, 0.2) is 53.4 Å². The Bertz CT molecular complexity index is 955. The predicted octanol–water partition coefficient (Wildman–Crippen LogP) is 3.66. The maximum atomic E-state index is 12.4. The highest BCUT2D eigenvalue weighted by atomic mass is 35.5. The van der Waals surface area contributed by atoms with E-state index in [1.54, 1.807) is 36.4 Å². The van der Waals surface area contributed by atoms with Crippen molar-refractivity contribution in [2.75, 3.05) is 12.8 Å². The molecule has 2 atom stereocenters. The first-order chi connectivity index (χ1) is 12.5. The summed E-state index contributed by atoms with van der Waals surface area (Å²) >= 11 is 5.84. The van der Waals surface area contributed by atoms with Gasteiger partial charge in [0.2, 0.25) is 10.0 Å². The average Bonchev–Trinajstić information content (AvgIpc) is 2.58. The Morgan fingerprint density at radius 2 is 1.57 bits per heavy atom. The minimum atomic E-state index is -4.10. The minimum Gasteiger partial charge on any atom is -0.480 e. The molecule has 0 heterocycles. The van der Waals surface area contributed by atoms with Gasteiger partial charge in [-0.1, -0.05) is 43.3 Å².